The second kappa shape index (κ2) is 5.74. The summed E-state index contributed by atoms with van der Waals surface area (Å²) in [4.78, 5) is 0. The third-order valence-corrected chi connectivity index (χ3v) is 7.62. The van der Waals surface area contributed by atoms with Crippen molar-refractivity contribution in [2.75, 3.05) is 0 Å². The van der Waals surface area contributed by atoms with Gasteiger partial charge in [0.15, 0.2) is 0 Å². The summed E-state index contributed by atoms with van der Waals surface area (Å²) in [5.74, 6) is 2.32. The fraction of sp³-hybridized carbons (Fsp3) is 0.455. The van der Waals surface area contributed by atoms with Gasteiger partial charge in [-0.1, -0.05) is 53.5 Å². The lowest BCUT2D eigenvalue weighted by atomic mass is 9.48. The van der Waals surface area contributed by atoms with E-state index in [0.29, 0.717) is 21.9 Å². The van der Waals surface area contributed by atoms with Crippen LogP contribution in [-0.4, -0.2) is 5.11 Å². The molecule has 4 fully saturated rings. The van der Waals surface area contributed by atoms with E-state index in [0.717, 1.165) is 54.2 Å². The molecule has 2 aromatic carbocycles. The predicted molar refractivity (Wildman–Crippen MR) is 103 cm³/mol. The molecule has 3 heteroatoms. The Bertz CT molecular complexity index is 801. The lowest BCUT2D eigenvalue weighted by Gasteiger charge is -2.59. The lowest BCUT2D eigenvalue weighted by Crippen LogP contribution is -2.55. The zero-order chi connectivity index (χ0) is 17.2. The first kappa shape index (κ1) is 16.2. The molecule has 130 valence electrons. The zero-order valence-electron chi connectivity index (χ0n) is 14.1. The largest absolute Gasteiger partial charge is 0.385 e. The molecule has 1 N–H and O–H groups in total. The number of benzene rings is 2. The minimum absolute atomic E-state index is 0.350. The summed E-state index contributed by atoms with van der Waals surface area (Å²) >= 11 is 13.1. The molecule has 0 heterocycles. The molecule has 1 nitrogen and oxygen atoms in total. The van der Waals surface area contributed by atoms with Gasteiger partial charge in [-0.3, -0.25) is 0 Å². The Kier molecular flexibility index (Phi) is 3.71. The molecule has 0 amide bonds. The monoisotopic (exact) mass is 372 g/mol. The van der Waals surface area contributed by atoms with Gasteiger partial charge in [0, 0.05) is 21.2 Å². The molecule has 25 heavy (non-hydrogen) atoms. The highest BCUT2D eigenvalue weighted by Gasteiger charge is 2.57. The van der Waals surface area contributed by atoms with Gasteiger partial charge in [0.1, 0.15) is 0 Å². The maximum Gasteiger partial charge on any atom is 0.0959 e. The van der Waals surface area contributed by atoms with Crippen molar-refractivity contribution < 1.29 is 5.11 Å². The van der Waals surface area contributed by atoms with E-state index in [4.69, 9.17) is 23.2 Å². The van der Waals surface area contributed by atoms with Crippen molar-refractivity contribution in [1.82, 2.24) is 0 Å². The lowest BCUT2D eigenvalue weighted by molar-refractivity contribution is -0.179. The molecule has 6 rings (SSSR count). The highest BCUT2D eigenvalue weighted by atomic mass is 35.5. The number of hydrogen-bond acceptors (Lipinski definition) is 1. The van der Waals surface area contributed by atoms with Gasteiger partial charge in [-0.15, -0.1) is 0 Å². The van der Waals surface area contributed by atoms with Crippen LogP contribution in [0.2, 0.25) is 10.0 Å². The summed E-state index contributed by atoms with van der Waals surface area (Å²) in [7, 11) is 0. The van der Waals surface area contributed by atoms with Crippen molar-refractivity contribution >= 4 is 23.2 Å². The van der Waals surface area contributed by atoms with E-state index in [1.54, 1.807) is 0 Å². The van der Waals surface area contributed by atoms with Crippen LogP contribution in [0.25, 0.3) is 11.1 Å². The Labute approximate surface area is 159 Å². The van der Waals surface area contributed by atoms with E-state index in [1.165, 1.54) is 6.42 Å². The zero-order valence-corrected chi connectivity index (χ0v) is 15.6. The van der Waals surface area contributed by atoms with Gasteiger partial charge in [-0.05, 0) is 73.5 Å². The molecule has 0 radical (unpaired) electrons. The maximum atomic E-state index is 12.0. The number of hydrogen-bond donors (Lipinski definition) is 1. The summed E-state index contributed by atoms with van der Waals surface area (Å²) in [5, 5.41) is 13.4. The van der Waals surface area contributed by atoms with Crippen LogP contribution in [-0.2, 0) is 5.60 Å². The molecule has 4 bridgehead atoms. The average molecular weight is 373 g/mol. The van der Waals surface area contributed by atoms with Crippen molar-refractivity contribution in [2.45, 2.75) is 37.7 Å². The van der Waals surface area contributed by atoms with Gasteiger partial charge in [-0.2, -0.15) is 0 Å². The van der Waals surface area contributed by atoms with Crippen molar-refractivity contribution in [3.8, 4) is 11.1 Å². The third kappa shape index (κ3) is 2.32. The molecule has 4 aliphatic rings. The van der Waals surface area contributed by atoms with Crippen molar-refractivity contribution in [2.24, 2.45) is 23.7 Å². The second-order valence-corrected chi connectivity index (χ2v) is 9.09. The molecule has 0 aromatic heterocycles. The number of rotatable bonds is 2. The van der Waals surface area contributed by atoms with Crippen molar-refractivity contribution in [1.29, 1.82) is 0 Å². The van der Waals surface area contributed by atoms with E-state index in [-0.39, 0.29) is 0 Å². The van der Waals surface area contributed by atoms with E-state index in [1.807, 2.05) is 36.4 Å². The average Bonchev–Trinajstić information content (AvgIpc) is 2.59. The molecule has 0 spiro atoms. The molecule has 2 aromatic rings. The molecule has 0 unspecified atom stereocenters. The predicted octanol–water partition coefficient (Wildman–Crippen LogP) is 6.30. The van der Waals surface area contributed by atoms with Gasteiger partial charge in [0.25, 0.3) is 0 Å². The molecule has 0 saturated heterocycles. The molecular formula is C22H22Cl2O. The topological polar surface area (TPSA) is 20.2 Å². The normalized spacial score (nSPS) is 36.0. The van der Waals surface area contributed by atoms with Gasteiger partial charge in [-0.25, -0.2) is 0 Å². The third-order valence-electron chi connectivity index (χ3n) is 6.97. The summed E-state index contributed by atoms with van der Waals surface area (Å²) < 4.78 is 0. The number of halogens is 2. The Balaban J connectivity index is 1.71. The number of aliphatic hydroxyl groups is 1. The Morgan fingerprint density at radius 2 is 1.36 bits per heavy atom. The smallest absolute Gasteiger partial charge is 0.0959 e. The van der Waals surface area contributed by atoms with Crippen LogP contribution in [0.1, 0.15) is 37.7 Å². The molecule has 0 aliphatic heterocycles. The summed E-state index contributed by atoms with van der Waals surface area (Å²) in [6, 6.07) is 13.8. The van der Waals surface area contributed by atoms with Crippen molar-refractivity contribution in [3.63, 3.8) is 0 Å². The van der Waals surface area contributed by atoms with Crippen LogP contribution in [0.3, 0.4) is 0 Å². The summed E-state index contributed by atoms with van der Waals surface area (Å²) in [5.41, 5.74) is 2.06. The van der Waals surface area contributed by atoms with Gasteiger partial charge in [0.05, 0.1) is 5.60 Å². The maximum absolute atomic E-state index is 12.0. The molecule has 4 saturated carbocycles. The highest BCUT2D eigenvalue weighted by Crippen LogP contribution is 2.63. The fourth-order valence-corrected chi connectivity index (χ4v) is 6.64. The van der Waals surface area contributed by atoms with E-state index >= 15 is 0 Å². The van der Waals surface area contributed by atoms with Gasteiger partial charge in [0.2, 0.25) is 0 Å². The Hall–Kier alpha value is -1.02. The Morgan fingerprint density at radius 3 is 2.00 bits per heavy atom. The SMILES string of the molecule is OC1(c2cccc(Cl)c2-c2ccccc2Cl)C2CC3CC(C2)CC1C3. The minimum atomic E-state index is -0.771. The minimum Gasteiger partial charge on any atom is -0.385 e. The van der Waals surface area contributed by atoms with Crippen LogP contribution in [0.15, 0.2) is 42.5 Å². The van der Waals surface area contributed by atoms with Crippen LogP contribution >= 0.6 is 23.2 Å². The highest BCUT2D eigenvalue weighted by molar-refractivity contribution is 6.36. The van der Waals surface area contributed by atoms with Gasteiger partial charge >= 0.3 is 0 Å². The van der Waals surface area contributed by atoms with Gasteiger partial charge < -0.3 is 5.11 Å². The van der Waals surface area contributed by atoms with Crippen LogP contribution < -0.4 is 0 Å². The standard InChI is InChI=1S/C22H22Cl2O/c23-19-6-2-1-4-17(19)21-18(5-3-7-20(21)24)22(25)15-9-13-8-14(11-15)12-16(22)10-13/h1-7,13-16,25H,8-12H2. The van der Waals surface area contributed by atoms with E-state index in [2.05, 4.69) is 6.07 Å². The van der Waals surface area contributed by atoms with Crippen molar-refractivity contribution in [3.05, 3.63) is 58.1 Å². The summed E-state index contributed by atoms with van der Waals surface area (Å²) in [6.45, 7) is 0. The van der Waals surface area contributed by atoms with Crippen LogP contribution in [0, 0.1) is 23.7 Å². The molecule has 0 atom stereocenters. The molecule has 4 aliphatic carbocycles. The second-order valence-electron chi connectivity index (χ2n) is 8.27. The fourth-order valence-electron chi connectivity index (χ4n) is 6.14. The van der Waals surface area contributed by atoms with E-state index < -0.39 is 5.60 Å². The first-order valence-corrected chi connectivity index (χ1v) is 10.1. The van der Waals surface area contributed by atoms with Crippen LogP contribution in [0.4, 0.5) is 0 Å². The first-order valence-electron chi connectivity index (χ1n) is 9.33. The Morgan fingerprint density at radius 1 is 0.760 bits per heavy atom. The summed E-state index contributed by atoms with van der Waals surface area (Å²) in [6.07, 6.45) is 5.97. The first-order chi connectivity index (χ1) is 12.1. The van der Waals surface area contributed by atoms with E-state index in [9.17, 15) is 5.11 Å². The molecular weight excluding hydrogens is 351 g/mol. The van der Waals surface area contributed by atoms with Crippen LogP contribution in [0.5, 0.6) is 0 Å². The quantitative estimate of drug-likeness (QED) is 0.655.